The number of rotatable bonds is 4. The zero-order chi connectivity index (χ0) is 13.0. The molecular weight excluding hydrogens is 224 g/mol. The number of benzene rings is 1. The molecule has 3 nitrogen and oxygen atoms in total. The molecule has 0 radical (unpaired) electrons. The SMILES string of the molecule is C=C(C)C[C@H](c1ccc(O)cc1)N1CCNCC1. The van der Waals surface area contributed by atoms with E-state index in [4.69, 9.17) is 0 Å². The molecule has 1 aromatic rings. The fraction of sp³-hybridized carbons (Fsp3) is 0.467. The van der Waals surface area contributed by atoms with Crippen molar-refractivity contribution in [2.45, 2.75) is 19.4 Å². The molecule has 0 aromatic heterocycles. The summed E-state index contributed by atoms with van der Waals surface area (Å²) in [4.78, 5) is 2.50. The van der Waals surface area contributed by atoms with Gasteiger partial charge in [0.1, 0.15) is 5.75 Å². The van der Waals surface area contributed by atoms with E-state index >= 15 is 0 Å². The van der Waals surface area contributed by atoms with E-state index in [2.05, 4.69) is 23.7 Å². The molecule has 0 bridgehead atoms. The molecule has 18 heavy (non-hydrogen) atoms. The summed E-state index contributed by atoms with van der Waals surface area (Å²) in [6.45, 7) is 10.3. The Bertz CT molecular complexity index is 393. The Labute approximate surface area is 109 Å². The molecule has 2 rings (SSSR count). The van der Waals surface area contributed by atoms with Crippen molar-refractivity contribution in [3.05, 3.63) is 42.0 Å². The Morgan fingerprint density at radius 2 is 1.94 bits per heavy atom. The molecule has 1 aliphatic rings. The van der Waals surface area contributed by atoms with Gasteiger partial charge in [-0.05, 0) is 31.0 Å². The molecule has 1 aliphatic heterocycles. The number of piperazine rings is 1. The monoisotopic (exact) mass is 246 g/mol. The van der Waals surface area contributed by atoms with Crippen LogP contribution in [-0.4, -0.2) is 36.2 Å². The van der Waals surface area contributed by atoms with Crippen molar-refractivity contribution >= 4 is 0 Å². The standard InChI is InChI=1S/C15H22N2O/c1-12(2)11-15(17-9-7-16-8-10-17)13-3-5-14(18)6-4-13/h3-6,15-16,18H,1,7-11H2,2H3/t15-/m1/s1. The van der Waals surface area contributed by atoms with Gasteiger partial charge in [-0.25, -0.2) is 0 Å². The van der Waals surface area contributed by atoms with Gasteiger partial charge in [-0.2, -0.15) is 0 Å². The molecule has 0 spiro atoms. The molecule has 0 saturated carbocycles. The van der Waals surface area contributed by atoms with Crippen molar-refractivity contribution in [3.8, 4) is 5.75 Å². The van der Waals surface area contributed by atoms with Crippen LogP contribution in [0.5, 0.6) is 5.75 Å². The van der Waals surface area contributed by atoms with Crippen LogP contribution in [-0.2, 0) is 0 Å². The molecule has 0 aliphatic carbocycles. The predicted molar refractivity (Wildman–Crippen MR) is 74.7 cm³/mol. The highest BCUT2D eigenvalue weighted by Gasteiger charge is 2.21. The first-order chi connectivity index (χ1) is 8.66. The van der Waals surface area contributed by atoms with Gasteiger partial charge < -0.3 is 10.4 Å². The van der Waals surface area contributed by atoms with E-state index in [0.717, 1.165) is 32.6 Å². The lowest BCUT2D eigenvalue weighted by Gasteiger charge is -2.35. The van der Waals surface area contributed by atoms with E-state index in [1.165, 1.54) is 11.1 Å². The van der Waals surface area contributed by atoms with Crippen LogP contribution in [0.15, 0.2) is 36.4 Å². The molecule has 3 heteroatoms. The second kappa shape index (κ2) is 6.03. The third-order valence-corrected chi connectivity index (χ3v) is 3.41. The fourth-order valence-corrected chi connectivity index (χ4v) is 2.48. The maximum absolute atomic E-state index is 9.39. The highest BCUT2D eigenvalue weighted by atomic mass is 16.3. The zero-order valence-electron chi connectivity index (χ0n) is 11.0. The summed E-state index contributed by atoms with van der Waals surface area (Å²) < 4.78 is 0. The summed E-state index contributed by atoms with van der Waals surface area (Å²) in [7, 11) is 0. The summed E-state index contributed by atoms with van der Waals surface area (Å²) in [5.74, 6) is 0.327. The van der Waals surface area contributed by atoms with Crippen LogP contribution in [0, 0.1) is 0 Å². The Balaban J connectivity index is 2.17. The van der Waals surface area contributed by atoms with E-state index in [-0.39, 0.29) is 0 Å². The summed E-state index contributed by atoms with van der Waals surface area (Å²) in [5.41, 5.74) is 2.46. The minimum atomic E-state index is 0.327. The average molecular weight is 246 g/mol. The third-order valence-electron chi connectivity index (χ3n) is 3.41. The Kier molecular flexibility index (Phi) is 4.39. The third kappa shape index (κ3) is 3.34. The second-order valence-corrected chi connectivity index (χ2v) is 5.05. The van der Waals surface area contributed by atoms with E-state index in [0.29, 0.717) is 11.8 Å². The lowest BCUT2D eigenvalue weighted by molar-refractivity contribution is 0.172. The van der Waals surface area contributed by atoms with Gasteiger partial charge in [-0.15, -0.1) is 6.58 Å². The molecule has 2 N–H and O–H groups in total. The van der Waals surface area contributed by atoms with Crippen LogP contribution in [0.3, 0.4) is 0 Å². The normalized spacial score (nSPS) is 18.5. The minimum absolute atomic E-state index is 0.327. The average Bonchev–Trinajstić information content (AvgIpc) is 2.38. The van der Waals surface area contributed by atoms with Gasteiger partial charge in [0.05, 0.1) is 0 Å². The summed E-state index contributed by atoms with van der Waals surface area (Å²) in [6.07, 6.45) is 0.977. The number of aromatic hydroxyl groups is 1. The van der Waals surface area contributed by atoms with Crippen LogP contribution in [0.4, 0.5) is 0 Å². The van der Waals surface area contributed by atoms with E-state index in [9.17, 15) is 5.11 Å². The highest BCUT2D eigenvalue weighted by molar-refractivity contribution is 5.29. The van der Waals surface area contributed by atoms with Crippen molar-refractivity contribution in [3.63, 3.8) is 0 Å². The number of phenols is 1. The molecule has 1 atom stereocenters. The van der Waals surface area contributed by atoms with Crippen LogP contribution in [0.25, 0.3) is 0 Å². The van der Waals surface area contributed by atoms with E-state index < -0.39 is 0 Å². The van der Waals surface area contributed by atoms with Gasteiger partial charge in [-0.3, -0.25) is 4.90 Å². The van der Waals surface area contributed by atoms with Crippen molar-refractivity contribution in [1.82, 2.24) is 10.2 Å². The first-order valence-electron chi connectivity index (χ1n) is 6.55. The Morgan fingerprint density at radius 3 is 2.50 bits per heavy atom. The number of hydrogen-bond donors (Lipinski definition) is 2. The highest BCUT2D eigenvalue weighted by Crippen LogP contribution is 2.28. The van der Waals surface area contributed by atoms with Crippen molar-refractivity contribution in [1.29, 1.82) is 0 Å². The van der Waals surface area contributed by atoms with Crippen LogP contribution < -0.4 is 5.32 Å². The molecule has 1 saturated heterocycles. The number of nitrogens with one attached hydrogen (secondary N) is 1. The zero-order valence-corrected chi connectivity index (χ0v) is 11.0. The van der Waals surface area contributed by atoms with Crippen LogP contribution >= 0.6 is 0 Å². The largest absolute Gasteiger partial charge is 0.508 e. The van der Waals surface area contributed by atoms with Gasteiger partial charge in [0.25, 0.3) is 0 Å². The number of hydrogen-bond acceptors (Lipinski definition) is 3. The maximum atomic E-state index is 9.39. The van der Waals surface area contributed by atoms with E-state index in [1.54, 1.807) is 12.1 Å². The van der Waals surface area contributed by atoms with Crippen molar-refractivity contribution in [2.75, 3.05) is 26.2 Å². The van der Waals surface area contributed by atoms with Gasteiger partial charge in [0.15, 0.2) is 0 Å². The van der Waals surface area contributed by atoms with Gasteiger partial charge in [0, 0.05) is 32.2 Å². The Hall–Kier alpha value is -1.32. The van der Waals surface area contributed by atoms with Crippen molar-refractivity contribution < 1.29 is 5.11 Å². The Morgan fingerprint density at radius 1 is 1.33 bits per heavy atom. The quantitative estimate of drug-likeness (QED) is 0.800. The second-order valence-electron chi connectivity index (χ2n) is 5.05. The number of phenolic OH excluding ortho intramolecular Hbond substituents is 1. The molecule has 98 valence electrons. The van der Waals surface area contributed by atoms with E-state index in [1.807, 2.05) is 12.1 Å². The summed E-state index contributed by atoms with van der Waals surface area (Å²) in [6, 6.07) is 7.95. The van der Waals surface area contributed by atoms with Gasteiger partial charge in [-0.1, -0.05) is 17.7 Å². The van der Waals surface area contributed by atoms with Gasteiger partial charge in [0.2, 0.25) is 0 Å². The first kappa shape index (κ1) is 13.1. The molecule has 0 unspecified atom stereocenters. The minimum Gasteiger partial charge on any atom is -0.508 e. The topological polar surface area (TPSA) is 35.5 Å². The molecule has 0 amide bonds. The van der Waals surface area contributed by atoms with Crippen LogP contribution in [0.1, 0.15) is 24.9 Å². The maximum Gasteiger partial charge on any atom is 0.115 e. The lowest BCUT2D eigenvalue weighted by Crippen LogP contribution is -2.45. The smallest absolute Gasteiger partial charge is 0.115 e. The molecule has 1 heterocycles. The predicted octanol–water partition coefficient (Wildman–Crippen LogP) is 2.30. The first-order valence-corrected chi connectivity index (χ1v) is 6.55. The van der Waals surface area contributed by atoms with Crippen LogP contribution in [0.2, 0.25) is 0 Å². The lowest BCUT2D eigenvalue weighted by atomic mass is 9.98. The van der Waals surface area contributed by atoms with Gasteiger partial charge >= 0.3 is 0 Å². The molecular formula is C15H22N2O. The summed E-state index contributed by atoms with van der Waals surface area (Å²) >= 11 is 0. The molecule has 1 fully saturated rings. The van der Waals surface area contributed by atoms with Crippen molar-refractivity contribution in [2.24, 2.45) is 0 Å². The molecule has 1 aromatic carbocycles. The fourth-order valence-electron chi connectivity index (χ4n) is 2.48. The number of nitrogens with zero attached hydrogens (tertiary/aromatic N) is 1. The summed E-state index contributed by atoms with van der Waals surface area (Å²) in [5, 5.41) is 12.8.